The maximum atomic E-state index is 13.5. The highest BCUT2D eigenvalue weighted by molar-refractivity contribution is 7.15. The van der Waals surface area contributed by atoms with Crippen molar-refractivity contribution in [2.45, 2.75) is 58.9 Å². The van der Waals surface area contributed by atoms with Gasteiger partial charge in [-0.2, -0.15) is 0 Å². The van der Waals surface area contributed by atoms with Crippen LogP contribution >= 0.6 is 22.9 Å². The number of nitrogens with one attached hydrogen (secondary N) is 1. The normalized spacial score (nSPS) is 14.2. The van der Waals surface area contributed by atoms with Gasteiger partial charge in [0, 0.05) is 58.1 Å². The summed E-state index contributed by atoms with van der Waals surface area (Å²) in [6.07, 6.45) is 4.69. The largest absolute Gasteiger partial charge is 0.491 e. The third-order valence-electron chi connectivity index (χ3n) is 11.0. The number of ether oxygens (including phenoxy) is 4. The van der Waals surface area contributed by atoms with Crippen molar-refractivity contribution < 1.29 is 28.5 Å². The second kappa shape index (κ2) is 20.1. The van der Waals surface area contributed by atoms with E-state index in [9.17, 15) is 9.59 Å². The number of amides is 1. The molecule has 0 unspecified atom stereocenters. The number of hydrogen-bond acceptors (Lipinski definition) is 11. The van der Waals surface area contributed by atoms with Crippen molar-refractivity contribution in [2.75, 3.05) is 51.6 Å². The maximum absolute atomic E-state index is 13.5. The van der Waals surface area contributed by atoms with Crippen LogP contribution in [0.1, 0.15) is 68.9 Å². The van der Waals surface area contributed by atoms with E-state index in [2.05, 4.69) is 58.6 Å². The second-order valence-electron chi connectivity index (χ2n) is 15.4. The minimum atomic E-state index is -0.566. The lowest BCUT2D eigenvalue weighted by Crippen LogP contribution is -2.17. The van der Waals surface area contributed by atoms with Gasteiger partial charge < -0.3 is 24.3 Å². The third kappa shape index (κ3) is 10.4. The number of carbonyl (C=O) groups is 2. The zero-order valence-electron chi connectivity index (χ0n) is 35.1. The fourth-order valence-corrected chi connectivity index (χ4v) is 9.03. The second-order valence-corrected chi connectivity index (χ2v) is 17.0. The van der Waals surface area contributed by atoms with Crippen LogP contribution in [0.4, 0.5) is 5.69 Å². The summed E-state index contributed by atoms with van der Waals surface area (Å²) in [5.74, 6) is 2.13. The summed E-state index contributed by atoms with van der Waals surface area (Å²) < 4.78 is 25.0. The number of aryl methyl sites for hydroxylation is 3. The quantitative estimate of drug-likeness (QED) is 0.0793. The van der Waals surface area contributed by atoms with Crippen LogP contribution in [-0.2, 0) is 43.1 Å². The first-order valence-corrected chi connectivity index (χ1v) is 22.1. The van der Waals surface area contributed by atoms with E-state index in [-0.39, 0.29) is 18.1 Å². The van der Waals surface area contributed by atoms with Gasteiger partial charge in [0.2, 0.25) is 5.91 Å². The molecule has 2 aliphatic rings. The van der Waals surface area contributed by atoms with Crippen molar-refractivity contribution in [1.29, 1.82) is 0 Å². The monoisotopic (exact) mass is 872 g/mol. The van der Waals surface area contributed by atoms with Crippen LogP contribution < -0.4 is 10.1 Å². The van der Waals surface area contributed by atoms with E-state index >= 15 is 0 Å². The topological polar surface area (TPSA) is 139 Å². The molecular formula is C48H49ClN6O6S. The molecule has 8 rings (SSSR count). The van der Waals surface area contributed by atoms with E-state index in [0.29, 0.717) is 81.4 Å². The van der Waals surface area contributed by atoms with Crippen molar-refractivity contribution in [2.24, 2.45) is 4.99 Å². The number of anilines is 1. The molecule has 1 amide bonds. The van der Waals surface area contributed by atoms with E-state index in [1.54, 1.807) is 11.3 Å². The molecule has 1 aliphatic carbocycles. The molecule has 0 spiro atoms. The van der Waals surface area contributed by atoms with Crippen LogP contribution in [-0.4, -0.2) is 83.4 Å². The number of thiophene rings is 1. The number of Topliss-reactive ketones (excluding diaryl/α,β-unsaturated/α-hetero) is 1. The van der Waals surface area contributed by atoms with Crippen LogP contribution in [0.5, 0.6) is 5.75 Å². The zero-order valence-corrected chi connectivity index (χ0v) is 36.7. The van der Waals surface area contributed by atoms with Crippen molar-refractivity contribution >= 4 is 46.0 Å². The molecule has 62 heavy (non-hydrogen) atoms. The first-order chi connectivity index (χ1) is 30.2. The average Bonchev–Trinajstić information content (AvgIpc) is 3.91. The van der Waals surface area contributed by atoms with Gasteiger partial charge in [-0.1, -0.05) is 41.9 Å². The maximum Gasteiger partial charge on any atom is 0.227 e. The third-order valence-corrected chi connectivity index (χ3v) is 12.4. The van der Waals surface area contributed by atoms with Gasteiger partial charge in [-0.15, -0.1) is 21.5 Å². The molecule has 3 aromatic heterocycles. The highest BCUT2D eigenvalue weighted by Gasteiger charge is 2.32. The van der Waals surface area contributed by atoms with Crippen molar-refractivity contribution in [1.82, 2.24) is 19.7 Å². The number of benzene rings is 3. The van der Waals surface area contributed by atoms with Gasteiger partial charge in [0.15, 0.2) is 5.82 Å². The number of aliphatic imine (C=N–C) groups is 1. The van der Waals surface area contributed by atoms with Crippen LogP contribution in [0.25, 0.3) is 16.1 Å². The van der Waals surface area contributed by atoms with Crippen LogP contribution in [0.15, 0.2) is 90.1 Å². The van der Waals surface area contributed by atoms with Gasteiger partial charge in [-0.25, -0.2) is 0 Å². The number of fused-ring (bicyclic) bond motifs is 4. The number of nitrogens with zero attached hydrogens (tertiary/aromatic N) is 5. The van der Waals surface area contributed by atoms with Gasteiger partial charge >= 0.3 is 0 Å². The molecule has 6 aromatic rings. The Morgan fingerprint density at radius 3 is 2.27 bits per heavy atom. The van der Waals surface area contributed by atoms with Gasteiger partial charge in [0.05, 0.1) is 45.2 Å². The number of halogens is 1. The summed E-state index contributed by atoms with van der Waals surface area (Å²) in [5.41, 5.74) is 10.1. The molecule has 0 saturated heterocycles. The molecule has 14 heteroatoms. The summed E-state index contributed by atoms with van der Waals surface area (Å²) in [6, 6.07) is 24.8. The standard InChI is InChI=1S/C48H49ClN6O6S/c1-30-31(2)62-48-45(30)46(33-8-10-38(49)11-9-33)52-43(47-54-53-32(3)55(47)48)29-44(57)51-39-12-14-42(15-13-39)61-24-23-60-22-21-59-20-19-58-18-4-5-40-26-36(16-17-50-40)34-6-7-35-27-41(56)28-37(35)25-34/h6-17,25-26,43H,4-5,18-24,27-29H2,1-3H3,(H,51,57)/t43-/m0/s1. The number of rotatable bonds is 19. The molecule has 0 bridgehead atoms. The summed E-state index contributed by atoms with van der Waals surface area (Å²) in [6.45, 7) is 9.46. The van der Waals surface area contributed by atoms with Crippen molar-refractivity contribution in [3.05, 3.63) is 140 Å². The highest BCUT2D eigenvalue weighted by Crippen LogP contribution is 2.40. The molecule has 12 nitrogen and oxygen atoms in total. The Kier molecular flexibility index (Phi) is 14.0. The minimum Gasteiger partial charge on any atom is -0.491 e. The minimum absolute atomic E-state index is 0.0753. The number of ketones is 1. The first kappa shape index (κ1) is 43.1. The van der Waals surface area contributed by atoms with Gasteiger partial charge in [-0.3, -0.25) is 24.1 Å². The Balaban J connectivity index is 0.713. The molecule has 1 aliphatic heterocycles. The van der Waals surface area contributed by atoms with Crippen LogP contribution in [0, 0.1) is 20.8 Å². The molecule has 0 saturated carbocycles. The van der Waals surface area contributed by atoms with E-state index in [1.165, 1.54) is 4.88 Å². The van der Waals surface area contributed by atoms with Crippen molar-refractivity contribution in [3.8, 4) is 21.9 Å². The molecule has 4 heterocycles. The number of carbonyl (C=O) groups excluding carboxylic acids is 2. The fraction of sp³-hybridized carbons (Fsp3) is 0.333. The Bertz CT molecular complexity index is 2570. The molecular weight excluding hydrogens is 824 g/mol. The van der Waals surface area contributed by atoms with Crippen LogP contribution in [0.2, 0.25) is 5.02 Å². The first-order valence-electron chi connectivity index (χ1n) is 20.9. The van der Waals surface area contributed by atoms with E-state index < -0.39 is 6.04 Å². The number of aromatic nitrogens is 4. The Morgan fingerprint density at radius 2 is 1.50 bits per heavy atom. The van der Waals surface area contributed by atoms with Crippen molar-refractivity contribution in [3.63, 3.8) is 0 Å². The molecule has 320 valence electrons. The van der Waals surface area contributed by atoms with Gasteiger partial charge in [0.25, 0.3) is 0 Å². The molecule has 0 radical (unpaired) electrons. The average molecular weight is 873 g/mol. The Morgan fingerprint density at radius 1 is 0.806 bits per heavy atom. The summed E-state index contributed by atoms with van der Waals surface area (Å²) in [4.78, 5) is 36.2. The summed E-state index contributed by atoms with van der Waals surface area (Å²) >= 11 is 7.92. The zero-order chi connectivity index (χ0) is 43.0. The lowest BCUT2D eigenvalue weighted by atomic mass is 9.99. The van der Waals surface area contributed by atoms with E-state index in [4.69, 9.17) is 35.5 Å². The predicted octanol–water partition coefficient (Wildman–Crippen LogP) is 8.62. The van der Waals surface area contributed by atoms with Gasteiger partial charge in [-0.05, 0) is 110 Å². The summed E-state index contributed by atoms with van der Waals surface area (Å²) in [5, 5.41) is 13.5. The van der Waals surface area contributed by atoms with E-state index in [1.807, 2.05) is 72.3 Å². The Hall–Kier alpha value is -5.57. The molecule has 0 fully saturated rings. The van der Waals surface area contributed by atoms with Crippen LogP contribution in [0.3, 0.4) is 0 Å². The molecule has 3 aromatic carbocycles. The summed E-state index contributed by atoms with van der Waals surface area (Å²) in [7, 11) is 0. The predicted molar refractivity (Wildman–Crippen MR) is 241 cm³/mol. The molecule has 1 N–H and O–H groups in total. The number of hydrogen-bond donors (Lipinski definition) is 1. The number of pyridine rings is 1. The lowest BCUT2D eigenvalue weighted by Gasteiger charge is -2.13. The smallest absolute Gasteiger partial charge is 0.227 e. The SMILES string of the molecule is Cc1sc2c(c1C)C(c1ccc(Cl)cc1)=N[C@@H](CC(=O)Nc1ccc(OCCOCCOCCOCCCc3cc(-c4ccc5c(c4)CC(=O)C5)ccn3)cc1)c1nnc(C)n1-2. The van der Waals surface area contributed by atoms with E-state index in [0.717, 1.165) is 74.0 Å². The van der Waals surface area contributed by atoms with Gasteiger partial charge in [0.1, 0.15) is 35.0 Å². The lowest BCUT2D eigenvalue weighted by molar-refractivity contribution is -0.117. The fourth-order valence-electron chi connectivity index (χ4n) is 7.69. The Labute approximate surface area is 370 Å². The molecule has 1 atom stereocenters. The highest BCUT2D eigenvalue weighted by atomic mass is 35.5.